The number of benzene rings is 1. The second-order valence-corrected chi connectivity index (χ2v) is 7.99. The predicted molar refractivity (Wildman–Crippen MR) is 97.5 cm³/mol. The molecule has 2 fully saturated rings. The summed E-state index contributed by atoms with van der Waals surface area (Å²) in [5, 5.41) is 12.1. The average molecular weight is 371 g/mol. The number of nitrogens with one attached hydrogen (secondary N) is 1. The fourth-order valence-corrected chi connectivity index (χ4v) is 4.56. The van der Waals surface area contributed by atoms with Crippen molar-refractivity contribution in [2.24, 2.45) is 11.7 Å². The highest BCUT2D eigenvalue weighted by atomic mass is 16.3. The summed E-state index contributed by atoms with van der Waals surface area (Å²) in [5.74, 6) is -0.491. The number of carbonyl (C=O) groups excluding carboxylic acids is 3. The number of aliphatic hydroxyl groups is 1. The summed E-state index contributed by atoms with van der Waals surface area (Å²) in [4.78, 5) is 37.8. The third kappa shape index (κ3) is 3.49. The van der Waals surface area contributed by atoms with Gasteiger partial charge in [-0.05, 0) is 55.2 Å². The smallest absolute Gasteiger partial charge is 0.255 e. The molecule has 0 unspecified atom stereocenters. The van der Waals surface area contributed by atoms with E-state index in [1.54, 1.807) is 4.90 Å². The van der Waals surface area contributed by atoms with Crippen molar-refractivity contribution in [3.63, 3.8) is 0 Å². The summed E-state index contributed by atoms with van der Waals surface area (Å²) in [7, 11) is 0. The molecule has 1 aromatic rings. The Bertz CT molecular complexity index is 793. The van der Waals surface area contributed by atoms with E-state index >= 15 is 0 Å². The minimum absolute atomic E-state index is 0.0105. The molecule has 7 heteroatoms. The Morgan fingerprint density at radius 1 is 1.19 bits per heavy atom. The standard InChI is InChI=1S/C20H25N3O4/c21-16-9-14(24)3-2-12(16)7-11-1-4-15-13(8-11)10-23(20(15)27)17-5-6-18(25)22-19(17)26/h1,4,8,12,14,16-17,24H,2-3,5-7,9-10,21H2,(H,22,25,26)/t12-,14+,16+,17+/m1/s1. The van der Waals surface area contributed by atoms with Gasteiger partial charge in [0.1, 0.15) is 6.04 Å². The number of aliphatic hydroxyl groups excluding tert-OH is 1. The number of fused-ring (bicyclic) bond motifs is 1. The molecule has 4 N–H and O–H groups in total. The van der Waals surface area contributed by atoms with Gasteiger partial charge in [0.25, 0.3) is 5.91 Å². The predicted octanol–water partition coefficient (Wildman–Crippen LogP) is 0.478. The molecule has 2 aliphatic heterocycles. The molecule has 0 aromatic heterocycles. The van der Waals surface area contributed by atoms with Gasteiger partial charge in [0.2, 0.25) is 11.8 Å². The van der Waals surface area contributed by atoms with Crippen LogP contribution in [-0.4, -0.2) is 45.9 Å². The molecular formula is C20H25N3O4. The first-order valence-corrected chi connectivity index (χ1v) is 9.62. The second-order valence-electron chi connectivity index (χ2n) is 7.99. The lowest BCUT2D eigenvalue weighted by Gasteiger charge is -2.31. The van der Waals surface area contributed by atoms with Gasteiger partial charge in [-0.3, -0.25) is 19.7 Å². The third-order valence-electron chi connectivity index (χ3n) is 6.11. The van der Waals surface area contributed by atoms with Crippen LogP contribution in [0.25, 0.3) is 0 Å². The van der Waals surface area contributed by atoms with Crippen LogP contribution in [0.15, 0.2) is 18.2 Å². The van der Waals surface area contributed by atoms with Gasteiger partial charge in [-0.25, -0.2) is 0 Å². The first-order chi connectivity index (χ1) is 12.9. The summed E-state index contributed by atoms with van der Waals surface area (Å²) in [5.41, 5.74) is 8.89. The van der Waals surface area contributed by atoms with Crippen LogP contribution < -0.4 is 11.1 Å². The van der Waals surface area contributed by atoms with E-state index in [1.807, 2.05) is 18.2 Å². The number of carbonyl (C=O) groups is 3. The second kappa shape index (κ2) is 7.05. The molecule has 3 aliphatic rings. The fraction of sp³-hybridized carbons (Fsp3) is 0.550. The monoisotopic (exact) mass is 371 g/mol. The topological polar surface area (TPSA) is 113 Å². The molecule has 1 saturated carbocycles. The fourth-order valence-electron chi connectivity index (χ4n) is 4.56. The largest absolute Gasteiger partial charge is 0.393 e. The lowest BCUT2D eigenvalue weighted by atomic mass is 9.80. The molecular weight excluding hydrogens is 346 g/mol. The van der Waals surface area contributed by atoms with Crippen molar-refractivity contribution in [1.82, 2.24) is 10.2 Å². The third-order valence-corrected chi connectivity index (χ3v) is 6.11. The zero-order valence-corrected chi connectivity index (χ0v) is 15.2. The van der Waals surface area contributed by atoms with E-state index in [0.717, 1.165) is 30.4 Å². The number of hydrogen-bond donors (Lipinski definition) is 3. The summed E-state index contributed by atoms with van der Waals surface area (Å²) < 4.78 is 0. The van der Waals surface area contributed by atoms with Gasteiger partial charge in [0.15, 0.2) is 0 Å². The van der Waals surface area contributed by atoms with Gasteiger partial charge in [0, 0.05) is 24.6 Å². The number of hydrogen-bond acceptors (Lipinski definition) is 5. The van der Waals surface area contributed by atoms with Gasteiger partial charge >= 0.3 is 0 Å². The zero-order valence-electron chi connectivity index (χ0n) is 15.2. The lowest BCUT2D eigenvalue weighted by Crippen LogP contribution is -2.52. The minimum Gasteiger partial charge on any atom is -0.393 e. The van der Waals surface area contributed by atoms with Gasteiger partial charge in [-0.15, -0.1) is 0 Å². The molecule has 0 radical (unpaired) electrons. The zero-order chi connectivity index (χ0) is 19.1. The van der Waals surface area contributed by atoms with Crippen LogP contribution in [0.4, 0.5) is 0 Å². The molecule has 27 heavy (non-hydrogen) atoms. The average Bonchev–Trinajstić information content (AvgIpc) is 2.93. The van der Waals surface area contributed by atoms with Crippen molar-refractivity contribution in [3.8, 4) is 0 Å². The maximum absolute atomic E-state index is 12.7. The van der Waals surface area contributed by atoms with Crippen molar-refractivity contribution in [3.05, 3.63) is 34.9 Å². The van der Waals surface area contributed by atoms with Crippen molar-refractivity contribution in [2.45, 2.75) is 63.3 Å². The molecule has 144 valence electrons. The Morgan fingerprint density at radius 2 is 2.00 bits per heavy atom. The molecule has 4 rings (SSSR count). The van der Waals surface area contributed by atoms with Crippen molar-refractivity contribution >= 4 is 17.7 Å². The number of imide groups is 1. The highest BCUT2D eigenvalue weighted by Gasteiger charge is 2.39. The number of piperidine rings is 1. The van der Waals surface area contributed by atoms with Crippen LogP contribution in [0.1, 0.15) is 53.6 Å². The van der Waals surface area contributed by atoms with Crippen molar-refractivity contribution < 1.29 is 19.5 Å². The minimum atomic E-state index is -0.584. The van der Waals surface area contributed by atoms with Crippen LogP contribution in [0, 0.1) is 5.92 Å². The highest BCUT2D eigenvalue weighted by molar-refractivity contribution is 6.05. The molecule has 3 amide bonds. The van der Waals surface area contributed by atoms with Crippen LogP contribution >= 0.6 is 0 Å². The molecule has 7 nitrogen and oxygen atoms in total. The Balaban J connectivity index is 1.48. The van der Waals surface area contributed by atoms with E-state index in [4.69, 9.17) is 5.73 Å². The van der Waals surface area contributed by atoms with E-state index in [-0.39, 0.29) is 36.3 Å². The van der Waals surface area contributed by atoms with Crippen LogP contribution in [0.3, 0.4) is 0 Å². The summed E-state index contributed by atoms with van der Waals surface area (Å²) in [6, 6.07) is 5.24. The van der Waals surface area contributed by atoms with E-state index in [2.05, 4.69) is 5.32 Å². The highest BCUT2D eigenvalue weighted by Crippen LogP contribution is 2.31. The molecule has 4 atom stereocenters. The first-order valence-electron chi connectivity index (χ1n) is 9.62. The molecule has 1 aromatic carbocycles. The van der Waals surface area contributed by atoms with Crippen molar-refractivity contribution in [1.29, 1.82) is 0 Å². The maximum atomic E-state index is 12.7. The van der Waals surface area contributed by atoms with E-state index in [0.29, 0.717) is 30.9 Å². The van der Waals surface area contributed by atoms with Crippen LogP contribution in [0.5, 0.6) is 0 Å². The van der Waals surface area contributed by atoms with Gasteiger partial charge in [-0.2, -0.15) is 0 Å². The number of nitrogens with two attached hydrogens (primary N) is 1. The Morgan fingerprint density at radius 3 is 2.74 bits per heavy atom. The molecule has 1 saturated heterocycles. The Labute approximate surface area is 157 Å². The number of rotatable bonds is 3. The van der Waals surface area contributed by atoms with Gasteiger partial charge in [-0.1, -0.05) is 12.1 Å². The summed E-state index contributed by atoms with van der Waals surface area (Å²) in [6.07, 6.45) is 3.48. The van der Waals surface area contributed by atoms with Crippen molar-refractivity contribution in [2.75, 3.05) is 0 Å². The first kappa shape index (κ1) is 18.1. The van der Waals surface area contributed by atoms with E-state index in [9.17, 15) is 19.5 Å². The molecule has 0 spiro atoms. The van der Waals surface area contributed by atoms with E-state index < -0.39 is 6.04 Å². The quantitative estimate of drug-likeness (QED) is 0.669. The maximum Gasteiger partial charge on any atom is 0.255 e. The molecule has 0 bridgehead atoms. The molecule has 2 heterocycles. The number of nitrogens with zero attached hydrogens (tertiary/aromatic N) is 1. The Kier molecular flexibility index (Phi) is 4.74. The lowest BCUT2D eigenvalue weighted by molar-refractivity contribution is -0.136. The normalized spacial score (nSPS) is 31.0. The molecule has 1 aliphatic carbocycles. The summed E-state index contributed by atoms with van der Waals surface area (Å²) >= 11 is 0. The van der Waals surface area contributed by atoms with Gasteiger partial charge < -0.3 is 15.7 Å². The van der Waals surface area contributed by atoms with Crippen LogP contribution in [-0.2, 0) is 22.6 Å². The summed E-state index contributed by atoms with van der Waals surface area (Å²) in [6.45, 7) is 0.393. The van der Waals surface area contributed by atoms with Crippen LogP contribution in [0.2, 0.25) is 0 Å². The number of amides is 3. The van der Waals surface area contributed by atoms with E-state index in [1.165, 1.54) is 0 Å². The SMILES string of the molecule is N[C@H]1C[C@@H](O)CC[C@@H]1Cc1ccc2c(c1)CN([C@H]1CCC(=O)NC1=O)C2=O. The Hall–Kier alpha value is -2.25. The van der Waals surface area contributed by atoms with Gasteiger partial charge in [0.05, 0.1) is 6.10 Å².